The second-order valence-electron chi connectivity index (χ2n) is 3.77. The molecular formula is C11H10N2O5. The first kappa shape index (κ1) is 11.9. The number of benzene rings is 1. The molecule has 2 rings (SSSR count). The van der Waals surface area contributed by atoms with Crippen molar-refractivity contribution in [1.82, 2.24) is 10.4 Å². The zero-order valence-corrected chi connectivity index (χ0v) is 9.21. The molecule has 1 aliphatic rings. The SMILES string of the molecule is O=C(NN1C(=O)CCC1=O)c1ccc(O)cc1O. The Morgan fingerprint density at radius 3 is 2.33 bits per heavy atom. The van der Waals surface area contributed by atoms with E-state index in [9.17, 15) is 19.5 Å². The van der Waals surface area contributed by atoms with Crippen LogP contribution in [0.3, 0.4) is 0 Å². The van der Waals surface area contributed by atoms with Gasteiger partial charge in [-0.1, -0.05) is 0 Å². The van der Waals surface area contributed by atoms with Gasteiger partial charge < -0.3 is 10.2 Å². The third-order valence-corrected chi connectivity index (χ3v) is 2.49. The molecule has 7 nitrogen and oxygen atoms in total. The molecule has 1 saturated heterocycles. The summed E-state index contributed by atoms with van der Waals surface area (Å²) in [7, 11) is 0. The molecule has 0 aliphatic carbocycles. The van der Waals surface area contributed by atoms with Crippen molar-refractivity contribution in [3.63, 3.8) is 0 Å². The van der Waals surface area contributed by atoms with Crippen molar-refractivity contribution >= 4 is 17.7 Å². The van der Waals surface area contributed by atoms with Crippen molar-refractivity contribution in [3.8, 4) is 11.5 Å². The van der Waals surface area contributed by atoms with Gasteiger partial charge in [0, 0.05) is 18.9 Å². The van der Waals surface area contributed by atoms with E-state index in [1.807, 2.05) is 0 Å². The molecule has 1 aliphatic heterocycles. The topological polar surface area (TPSA) is 107 Å². The van der Waals surface area contributed by atoms with E-state index in [1.165, 1.54) is 12.1 Å². The first-order valence-corrected chi connectivity index (χ1v) is 5.18. The number of phenols is 2. The maximum atomic E-state index is 11.7. The Labute approximate surface area is 102 Å². The molecule has 94 valence electrons. The predicted octanol–water partition coefficient (Wildman–Crippen LogP) is -0.108. The number of amides is 3. The highest BCUT2D eigenvalue weighted by molar-refractivity contribution is 6.06. The fraction of sp³-hybridized carbons (Fsp3) is 0.182. The molecule has 0 radical (unpaired) electrons. The minimum atomic E-state index is -0.795. The van der Waals surface area contributed by atoms with Gasteiger partial charge >= 0.3 is 0 Å². The van der Waals surface area contributed by atoms with Gasteiger partial charge in [-0.05, 0) is 12.1 Å². The summed E-state index contributed by atoms with van der Waals surface area (Å²) in [5.41, 5.74) is 1.97. The van der Waals surface area contributed by atoms with Gasteiger partial charge in [-0.25, -0.2) is 0 Å². The standard InChI is InChI=1S/C11H10N2O5/c14-6-1-2-7(8(15)5-6)11(18)12-13-9(16)3-4-10(13)17/h1-2,5,14-15H,3-4H2,(H,12,18). The number of hydrogen-bond donors (Lipinski definition) is 3. The Hall–Kier alpha value is -2.57. The molecule has 1 heterocycles. The van der Waals surface area contributed by atoms with Crippen LogP contribution in [0.4, 0.5) is 0 Å². The molecule has 0 saturated carbocycles. The van der Waals surface area contributed by atoms with Crippen molar-refractivity contribution in [2.45, 2.75) is 12.8 Å². The van der Waals surface area contributed by atoms with Crippen LogP contribution in [0.25, 0.3) is 0 Å². The smallest absolute Gasteiger partial charge is 0.274 e. The molecule has 7 heteroatoms. The second kappa shape index (κ2) is 4.36. The van der Waals surface area contributed by atoms with Crippen LogP contribution in [0, 0.1) is 0 Å². The zero-order valence-electron chi connectivity index (χ0n) is 9.21. The maximum Gasteiger partial charge on any atom is 0.274 e. The lowest BCUT2D eigenvalue weighted by Gasteiger charge is -2.15. The largest absolute Gasteiger partial charge is 0.508 e. The number of phenolic OH excluding ortho intramolecular Hbond substituents is 2. The van der Waals surface area contributed by atoms with Gasteiger partial charge in [-0.2, -0.15) is 5.01 Å². The molecule has 0 aromatic heterocycles. The molecule has 0 atom stereocenters. The average Bonchev–Trinajstić information content (AvgIpc) is 2.60. The van der Waals surface area contributed by atoms with Crippen LogP contribution >= 0.6 is 0 Å². The summed E-state index contributed by atoms with van der Waals surface area (Å²) in [6, 6.07) is 3.38. The van der Waals surface area contributed by atoms with Crippen LogP contribution in [-0.2, 0) is 9.59 Å². The minimum absolute atomic E-state index is 0.0562. The highest BCUT2D eigenvalue weighted by atomic mass is 16.3. The van der Waals surface area contributed by atoms with Gasteiger partial charge in [0.2, 0.25) is 11.8 Å². The molecule has 1 aromatic rings. The van der Waals surface area contributed by atoms with Crippen molar-refractivity contribution < 1.29 is 24.6 Å². The summed E-state index contributed by atoms with van der Waals surface area (Å²) in [5, 5.41) is 19.2. The lowest BCUT2D eigenvalue weighted by molar-refractivity contribution is -0.141. The summed E-state index contributed by atoms with van der Waals surface area (Å²) >= 11 is 0. The molecule has 0 spiro atoms. The highest BCUT2D eigenvalue weighted by Gasteiger charge is 2.31. The Kier molecular flexibility index (Phi) is 2.88. The second-order valence-corrected chi connectivity index (χ2v) is 3.77. The molecule has 0 unspecified atom stereocenters. The van der Waals surface area contributed by atoms with E-state index in [1.54, 1.807) is 0 Å². The molecule has 3 amide bonds. The first-order valence-electron chi connectivity index (χ1n) is 5.18. The number of nitrogens with zero attached hydrogens (tertiary/aromatic N) is 1. The molecule has 1 aromatic carbocycles. The summed E-state index contributed by atoms with van der Waals surface area (Å²) in [6.45, 7) is 0. The van der Waals surface area contributed by atoms with Gasteiger partial charge in [0.25, 0.3) is 5.91 Å². The van der Waals surface area contributed by atoms with Crippen LogP contribution in [0.5, 0.6) is 11.5 Å². The Balaban J connectivity index is 2.17. The van der Waals surface area contributed by atoms with Gasteiger partial charge in [-0.3, -0.25) is 19.8 Å². The Morgan fingerprint density at radius 1 is 1.17 bits per heavy atom. The van der Waals surface area contributed by atoms with E-state index in [4.69, 9.17) is 5.11 Å². The number of rotatable bonds is 2. The third-order valence-electron chi connectivity index (χ3n) is 2.49. The monoisotopic (exact) mass is 250 g/mol. The lowest BCUT2D eigenvalue weighted by atomic mass is 10.2. The lowest BCUT2D eigenvalue weighted by Crippen LogP contribution is -2.45. The van der Waals surface area contributed by atoms with E-state index < -0.39 is 23.5 Å². The summed E-state index contributed by atoms with van der Waals surface area (Å²) < 4.78 is 0. The molecule has 0 bridgehead atoms. The summed E-state index contributed by atoms with van der Waals surface area (Å²) in [5.74, 6) is -2.42. The number of aromatic hydroxyl groups is 2. The van der Waals surface area contributed by atoms with Crippen LogP contribution in [0.2, 0.25) is 0 Å². The van der Waals surface area contributed by atoms with Crippen molar-refractivity contribution in [2.75, 3.05) is 0 Å². The van der Waals surface area contributed by atoms with E-state index in [0.29, 0.717) is 5.01 Å². The normalized spacial score (nSPS) is 15.0. The number of imide groups is 1. The number of carbonyl (C=O) groups is 3. The summed E-state index contributed by atoms with van der Waals surface area (Å²) in [6.07, 6.45) is 0.112. The number of nitrogens with one attached hydrogen (secondary N) is 1. The van der Waals surface area contributed by atoms with Gasteiger partial charge in [0.05, 0.1) is 5.56 Å². The molecule has 1 fully saturated rings. The number of hydrazine groups is 1. The maximum absolute atomic E-state index is 11.7. The minimum Gasteiger partial charge on any atom is -0.508 e. The van der Waals surface area contributed by atoms with Crippen molar-refractivity contribution in [1.29, 1.82) is 0 Å². The van der Waals surface area contributed by atoms with E-state index in [2.05, 4.69) is 5.43 Å². The molecule has 18 heavy (non-hydrogen) atoms. The molecular weight excluding hydrogens is 240 g/mol. The third kappa shape index (κ3) is 2.10. The summed E-state index contributed by atoms with van der Waals surface area (Å²) in [4.78, 5) is 34.3. The van der Waals surface area contributed by atoms with Gasteiger partial charge in [-0.15, -0.1) is 0 Å². The molecule has 3 N–H and O–H groups in total. The van der Waals surface area contributed by atoms with Crippen molar-refractivity contribution in [2.24, 2.45) is 0 Å². The van der Waals surface area contributed by atoms with Crippen molar-refractivity contribution in [3.05, 3.63) is 23.8 Å². The zero-order chi connectivity index (χ0) is 13.3. The van der Waals surface area contributed by atoms with Crippen LogP contribution in [-0.4, -0.2) is 32.9 Å². The Bertz CT molecular complexity index is 524. The van der Waals surface area contributed by atoms with Crippen LogP contribution in [0.15, 0.2) is 18.2 Å². The Morgan fingerprint density at radius 2 is 1.78 bits per heavy atom. The van der Waals surface area contributed by atoms with Gasteiger partial charge in [0.15, 0.2) is 0 Å². The predicted molar refractivity (Wildman–Crippen MR) is 58.3 cm³/mol. The number of hydrogen-bond acceptors (Lipinski definition) is 5. The van der Waals surface area contributed by atoms with Gasteiger partial charge in [0.1, 0.15) is 11.5 Å². The first-order chi connectivity index (χ1) is 8.49. The fourth-order valence-corrected chi connectivity index (χ4v) is 1.58. The van der Waals surface area contributed by atoms with E-state index in [-0.39, 0.29) is 24.2 Å². The average molecular weight is 250 g/mol. The quantitative estimate of drug-likeness (QED) is 0.635. The highest BCUT2D eigenvalue weighted by Crippen LogP contribution is 2.22. The van der Waals surface area contributed by atoms with Crippen LogP contribution < -0.4 is 5.43 Å². The van der Waals surface area contributed by atoms with E-state index >= 15 is 0 Å². The fourth-order valence-electron chi connectivity index (χ4n) is 1.58. The number of carbonyl (C=O) groups excluding carboxylic acids is 3. The van der Waals surface area contributed by atoms with E-state index in [0.717, 1.165) is 6.07 Å². The van der Waals surface area contributed by atoms with Crippen LogP contribution in [0.1, 0.15) is 23.2 Å².